The van der Waals surface area contributed by atoms with Crippen LogP contribution in [0.15, 0.2) is 22.6 Å². The molecule has 0 bridgehead atoms. The van der Waals surface area contributed by atoms with Gasteiger partial charge in [-0.15, -0.1) is 0 Å². The molecule has 1 fully saturated rings. The number of esters is 1. The molecule has 112 valence electrons. The number of carbonyl (C=O) groups excluding carboxylic acids is 1. The van der Waals surface area contributed by atoms with Gasteiger partial charge in [0.15, 0.2) is 0 Å². The lowest BCUT2D eigenvalue weighted by molar-refractivity contribution is -0.154. The zero-order chi connectivity index (χ0) is 14.4. The van der Waals surface area contributed by atoms with Crippen LogP contribution in [0, 0.1) is 0 Å². The van der Waals surface area contributed by atoms with Crippen molar-refractivity contribution in [2.24, 2.45) is 0 Å². The fourth-order valence-electron chi connectivity index (χ4n) is 2.28. The Labute approximate surface area is 124 Å². The van der Waals surface area contributed by atoms with Gasteiger partial charge in [0.05, 0.1) is 19.3 Å². The first-order valence-electron chi connectivity index (χ1n) is 7.08. The van der Waals surface area contributed by atoms with Gasteiger partial charge in [-0.25, -0.2) is 0 Å². The Bertz CT molecular complexity index is 403. The summed E-state index contributed by atoms with van der Waals surface area (Å²) in [5.41, 5.74) is 1.41. The molecule has 2 atom stereocenters. The van der Waals surface area contributed by atoms with E-state index < -0.39 is 0 Å². The third-order valence-electron chi connectivity index (χ3n) is 3.39. The molecule has 2 rings (SSSR count). The van der Waals surface area contributed by atoms with E-state index in [1.165, 1.54) is 29.4 Å². The van der Waals surface area contributed by atoms with E-state index >= 15 is 0 Å². The van der Waals surface area contributed by atoms with Gasteiger partial charge in [-0.05, 0) is 19.8 Å². The summed E-state index contributed by atoms with van der Waals surface area (Å²) in [6.45, 7) is 4.75. The van der Waals surface area contributed by atoms with Crippen LogP contribution in [0.3, 0.4) is 0 Å². The minimum Gasteiger partial charge on any atom is -0.462 e. The molecular weight excluding hydrogens is 276 g/mol. The fourth-order valence-corrected chi connectivity index (χ4v) is 2.96. The minimum atomic E-state index is -0.222. The highest BCUT2D eigenvalue weighted by molar-refractivity contribution is 7.98. The summed E-state index contributed by atoms with van der Waals surface area (Å²) >= 11 is 1.44. The molecule has 2 aliphatic rings. The monoisotopic (exact) mass is 298 g/mol. The molecule has 1 heterocycles. The van der Waals surface area contributed by atoms with E-state index in [1.54, 1.807) is 0 Å². The number of allylic oxidation sites excluding steroid dienone is 4. The summed E-state index contributed by atoms with van der Waals surface area (Å²) < 4.78 is 16.5. The highest BCUT2D eigenvalue weighted by Gasteiger charge is 2.25. The van der Waals surface area contributed by atoms with E-state index in [0.717, 1.165) is 25.7 Å². The third kappa shape index (κ3) is 5.31. The Hall–Kier alpha value is -0.780. The maximum atomic E-state index is 11.0. The van der Waals surface area contributed by atoms with Crippen LogP contribution in [0.25, 0.3) is 0 Å². The van der Waals surface area contributed by atoms with Crippen LogP contribution in [0.4, 0.5) is 0 Å². The third-order valence-corrected chi connectivity index (χ3v) is 4.20. The predicted octanol–water partition coefficient (Wildman–Crippen LogP) is 3.39. The van der Waals surface area contributed by atoms with Gasteiger partial charge in [0, 0.05) is 36.7 Å². The quantitative estimate of drug-likeness (QED) is 0.575. The van der Waals surface area contributed by atoms with Gasteiger partial charge in [0.1, 0.15) is 6.10 Å². The standard InChI is InChI=1S/C15H22O4S/c1-11-3-5-15(6-4-11)20-18-10-14-9-13(7-8-17-14)19-12(2)16/h3,5,13-14H,4,6-10H2,1-2H3/t13?,14-/m0/s1. The van der Waals surface area contributed by atoms with Crippen LogP contribution in [-0.2, 0) is 18.5 Å². The first-order chi connectivity index (χ1) is 9.63. The molecule has 1 aliphatic carbocycles. The number of hydrogen-bond donors (Lipinski definition) is 0. The van der Waals surface area contributed by atoms with Gasteiger partial charge in [0.25, 0.3) is 0 Å². The predicted molar refractivity (Wildman–Crippen MR) is 79.1 cm³/mol. The molecule has 5 heteroatoms. The normalized spacial score (nSPS) is 26.7. The second kappa shape index (κ2) is 7.86. The van der Waals surface area contributed by atoms with Crippen molar-refractivity contribution in [3.05, 3.63) is 22.6 Å². The van der Waals surface area contributed by atoms with Gasteiger partial charge < -0.3 is 13.7 Å². The molecule has 20 heavy (non-hydrogen) atoms. The summed E-state index contributed by atoms with van der Waals surface area (Å²) in [4.78, 5) is 12.2. The number of ether oxygens (including phenoxy) is 2. The topological polar surface area (TPSA) is 44.8 Å². The smallest absolute Gasteiger partial charge is 0.302 e. The molecule has 1 unspecified atom stereocenters. The van der Waals surface area contributed by atoms with Gasteiger partial charge in [-0.2, -0.15) is 0 Å². The highest BCUT2D eigenvalue weighted by Crippen LogP contribution is 2.28. The van der Waals surface area contributed by atoms with Gasteiger partial charge in [-0.1, -0.05) is 17.7 Å². The Balaban J connectivity index is 1.67. The molecule has 0 amide bonds. The van der Waals surface area contributed by atoms with E-state index in [0.29, 0.717) is 13.2 Å². The Kier molecular flexibility index (Phi) is 6.13. The molecule has 0 saturated carbocycles. The first kappa shape index (κ1) is 15.6. The van der Waals surface area contributed by atoms with E-state index in [-0.39, 0.29) is 18.2 Å². The zero-order valence-electron chi connectivity index (χ0n) is 12.1. The van der Waals surface area contributed by atoms with Crippen LogP contribution < -0.4 is 0 Å². The Morgan fingerprint density at radius 3 is 3.00 bits per heavy atom. The molecule has 0 aromatic rings. The van der Waals surface area contributed by atoms with E-state index in [4.69, 9.17) is 13.7 Å². The molecular formula is C15H22O4S. The zero-order valence-corrected chi connectivity index (χ0v) is 12.9. The average molecular weight is 298 g/mol. The second-order valence-electron chi connectivity index (χ2n) is 5.26. The fraction of sp³-hybridized carbons (Fsp3) is 0.667. The summed E-state index contributed by atoms with van der Waals surface area (Å²) in [5.74, 6) is -0.222. The summed E-state index contributed by atoms with van der Waals surface area (Å²) in [6.07, 6.45) is 7.90. The van der Waals surface area contributed by atoms with Crippen molar-refractivity contribution in [3.8, 4) is 0 Å². The lowest BCUT2D eigenvalue weighted by Gasteiger charge is -2.28. The molecule has 0 radical (unpaired) electrons. The lowest BCUT2D eigenvalue weighted by Crippen LogP contribution is -2.34. The van der Waals surface area contributed by atoms with Crippen molar-refractivity contribution in [2.75, 3.05) is 13.2 Å². The summed E-state index contributed by atoms with van der Waals surface area (Å²) in [6, 6.07) is 0. The maximum absolute atomic E-state index is 11.0. The number of rotatable bonds is 5. The van der Waals surface area contributed by atoms with E-state index in [9.17, 15) is 4.79 Å². The van der Waals surface area contributed by atoms with E-state index in [1.807, 2.05) is 0 Å². The molecule has 4 nitrogen and oxygen atoms in total. The summed E-state index contributed by atoms with van der Waals surface area (Å²) in [7, 11) is 0. The van der Waals surface area contributed by atoms with Crippen molar-refractivity contribution in [3.63, 3.8) is 0 Å². The molecule has 0 aromatic heterocycles. The van der Waals surface area contributed by atoms with Crippen molar-refractivity contribution in [1.29, 1.82) is 0 Å². The lowest BCUT2D eigenvalue weighted by atomic mass is 10.1. The summed E-state index contributed by atoms with van der Waals surface area (Å²) in [5, 5.41) is 0. The van der Waals surface area contributed by atoms with Crippen LogP contribution in [0.1, 0.15) is 39.5 Å². The largest absolute Gasteiger partial charge is 0.462 e. The molecule has 0 N–H and O–H groups in total. The van der Waals surface area contributed by atoms with Crippen LogP contribution >= 0.6 is 12.0 Å². The number of hydrogen-bond acceptors (Lipinski definition) is 5. The Morgan fingerprint density at radius 1 is 1.45 bits per heavy atom. The van der Waals surface area contributed by atoms with Crippen LogP contribution in [0.5, 0.6) is 0 Å². The Morgan fingerprint density at radius 2 is 2.30 bits per heavy atom. The van der Waals surface area contributed by atoms with Crippen LogP contribution in [-0.4, -0.2) is 31.4 Å². The maximum Gasteiger partial charge on any atom is 0.302 e. The van der Waals surface area contributed by atoms with Crippen molar-refractivity contribution >= 4 is 18.0 Å². The molecule has 1 saturated heterocycles. The van der Waals surface area contributed by atoms with Crippen molar-refractivity contribution < 1.29 is 18.5 Å². The molecule has 0 spiro atoms. The van der Waals surface area contributed by atoms with Crippen LogP contribution in [0.2, 0.25) is 0 Å². The molecule has 1 aliphatic heterocycles. The van der Waals surface area contributed by atoms with Crippen molar-refractivity contribution in [1.82, 2.24) is 0 Å². The van der Waals surface area contributed by atoms with Gasteiger partial charge in [0.2, 0.25) is 0 Å². The van der Waals surface area contributed by atoms with Gasteiger partial charge >= 0.3 is 5.97 Å². The molecule has 0 aromatic carbocycles. The minimum absolute atomic E-state index is 0.0158. The average Bonchev–Trinajstić information content (AvgIpc) is 2.41. The van der Waals surface area contributed by atoms with Gasteiger partial charge in [-0.3, -0.25) is 4.79 Å². The van der Waals surface area contributed by atoms with E-state index in [2.05, 4.69) is 19.1 Å². The highest BCUT2D eigenvalue weighted by atomic mass is 32.2. The van der Waals surface area contributed by atoms with Crippen molar-refractivity contribution in [2.45, 2.75) is 51.7 Å². The SMILES string of the molecule is CC(=O)OC1CCO[C@H](COSC2=CC=C(C)CC2)C1. The first-order valence-corrected chi connectivity index (χ1v) is 7.82. The second-order valence-corrected chi connectivity index (χ2v) is 6.19. The number of carbonyl (C=O) groups is 1.